The molecule has 0 unspecified atom stereocenters. The lowest BCUT2D eigenvalue weighted by atomic mass is 10.1. The maximum absolute atomic E-state index is 13.9. The Kier molecular flexibility index (Phi) is 8.00. The van der Waals surface area contributed by atoms with E-state index in [1.54, 1.807) is 42.1 Å². The Labute approximate surface area is 218 Å². The Morgan fingerprint density at radius 3 is 2.42 bits per heavy atom. The van der Waals surface area contributed by atoms with Gasteiger partial charge in [-0.3, -0.25) is 9.48 Å². The van der Waals surface area contributed by atoms with Crippen LogP contribution in [0.15, 0.2) is 42.5 Å². The van der Waals surface area contributed by atoms with Crippen LogP contribution in [-0.2, 0) is 20.1 Å². The summed E-state index contributed by atoms with van der Waals surface area (Å²) in [4.78, 5) is 15.4. The van der Waals surface area contributed by atoms with Gasteiger partial charge in [0, 0.05) is 30.2 Å². The van der Waals surface area contributed by atoms with Crippen LogP contribution in [0.3, 0.4) is 0 Å². The highest BCUT2D eigenvalue weighted by atomic mass is 19.3. The van der Waals surface area contributed by atoms with Crippen LogP contribution in [0.4, 0.5) is 13.3 Å². The zero-order chi connectivity index (χ0) is 27.4. The van der Waals surface area contributed by atoms with Crippen molar-refractivity contribution in [2.75, 3.05) is 21.3 Å². The summed E-state index contributed by atoms with van der Waals surface area (Å²) in [6, 6.07) is 11.3. The lowest BCUT2D eigenvalue weighted by Gasteiger charge is -2.26. The second kappa shape index (κ2) is 11.2. The van der Waals surface area contributed by atoms with E-state index in [-0.39, 0.29) is 24.7 Å². The molecule has 1 amide bonds. The first kappa shape index (κ1) is 27.1. The van der Waals surface area contributed by atoms with Crippen molar-refractivity contribution in [3.63, 3.8) is 0 Å². The van der Waals surface area contributed by atoms with Crippen molar-refractivity contribution in [3.8, 4) is 23.0 Å². The number of para-hydroxylation sites is 1. The van der Waals surface area contributed by atoms with E-state index in [9.17, 15) is 18.1 Å². The minimum absolute atomic E-state index is 0.0487. The average molecular weight is 535 g/mol. The van der Waals surface area contributed by atoms with E-state index in [1.165, 1.54) is 38.4 Å². The first-order valence-electron chi connectivity index (χ1n) is 11.8. The normalized spacial score (nSPS) is 13.2. The summed E-state index contributed by atoms with van der Waals surface area (Å²) in [5.41, 5.74) is 2.59. The molecule has 4 rings (SSSR count). The van der Waals surface area contributed by atoms with E-state index in [0.717, 1.165) is 18.5 Å². The summed E-state index contributed by atoms with van der Waals surface area (Å²) in [5, 5.41) is 4.50. The van der Waals surface area contributed by atoms with Gasteiger partial charge < -0.3 is 23.8 Å². The number of ether oxygens (including phenoxy) is 4. The molecule has 1 aromatic heterocycles. The number of rotatable bonds is 12. The van der Waals surface area contributed by atoms with E-state index in [2.05, 4.69) is 9.84 Å². The second-order valence-corrected chi connectivity index (χ2v) is 8.85. The van der Waals surface area contributed by atoms with Gasteiger partial charge >= 0.3 is 6.23 Å². The van der Waals surface area contributed by atoms with E-state index >= 15 is 0 Å². The topological polar surface area (TPSA) is 87.1 Å². The van der Waals surface area contributed by atoms with Gasteiger partial charge in [-0.05, 0) is 37.1 Å². The fourth-order valence-corrected chi connectivity index (χ4v) is 4.18. The lowest BCUT2D eigenvalue weighted by molar-refractivity contribution is -0.233. The molecular formula is C26H29F3N4O5. The summed E-state index contributed by atoms with van der Waals surface area (Å²) >= 11 is 0. The van der Waals surface area contributed by atoms with Crippen molar-refractivity contribution in [2.45, 2.75) is 38.1 Å². The molecule has 0 aliphatic heterocycles. The quantitative estimate of drug-likeness (QED) is 0.207. The van der Waals surface area contributed by atoms with Crippen LogP contribution in [0.25, 0.3) is 0 Å². The molecule has 9 nitrogen and oxygen atoms in total. The number of halogens is 3. The maximum Gasteiger partial charge on any atom is 0.496 e. The molecule has 0 bridgehead atoms. The first-order valence-corrected chi connectivity index (χ1v) is 11.8. The van der Waals surface area contributed by atoms with Crippen LogP contribution in [-0.4, -0.2) is 48.1 Å². The molecule has 1 aliphatic carbocycles. The molecule has 1 fully saturated rings. The zero-order valence-electron chi connectivity index (χ0n) is 21.5. The standard InChI is InChI=1S/C26H29F3N4O5/c1-32-21(13-20(30-32)16-8-9-16)25(34)33(14-17-10-11-19(35-2)12-23(17)36-3)15-18-6-5-7-22(24(18)37-4)38-26(27,28)31-29/h5-7,10-13,16,31H,8-9,14-15H2,1-4H3. The smallest absolute Gasteiger partial charge is 0.496 e. The number of aryl methyl sites for hydroxylation is 1. The molecule has 0 atom stereocenters. The van der Waals surface area contributed by atoms with Gasteiger partial charge in [-0.2, -0.15) is 5.10 Å². The van der Waals surface area contributed by atoms with Gasteiger partial charge in [0.15, 0.2) is 11.5 Å². The maximum atomic E-state index is 13.9. The van der Waals surface area contributed by atoms with E-state index in [0.29, 0.717) is 39.8 Å². The highest BCUT2D eigenvalue weighted by molar-refractivity contribution is 5.92. The van der Waals surface area contributed by atoms with Crippen LogP contribution in [0.1, 0.15) is 46.1 Å². The summed E-state index contributed by atoms with van der Waals surface area (Å²) in [7, 11) is 6.02. The van der Waals surface area contributed by atoms with E-state index in [1.807, 2.05) is 0 Å². The lowest BCUT2D eigenvalue weighted by Crippen LogP contribution is -2.36. The molecular weight excluding hydrogens is 505 g/mol. The first-order chi connectivity index (χ1) is 18.2. The third-order valence-corrected chi connectivity index (χ3v) is 6.23. The molecule has 0 spiro atoms. The number of hydrogen-bond acceptors (Lipinski definition) is 7. The summed E-state index contributed by atoms with van der Waals surface area (Å²) in [5.74, 6) is 0.629. The number of benzene rings is 2. The Balaban J connectivity index is 1.72. The number of methoxy groups -OCH3 is 3. The minimum atomic E-state index is -4.27. The van der Waals surface area contributed by atoms with Crippen LogP contribution < -0.4 is 24.5 Å². The summed E-state index contributed by atoms with van der Waals surface area (Å²) in [6.07, 6.45) is -2.22. The Bertz CT molecular complexity index is 1300. The molecule has 38 heavy (non-hydrogen) atoms. The summed E-state index contributed by atoms with van der Waals surface area (Å²) < 4.78 is 61.8. The van der Waals surface area contributed by atoms with Gasteiger partial charge in [0.25, 0.3) is 5.91 Å². The second-order valence-electron chi connectivity index (χ2n) is 8.85. The van der Waals surface area contributed by atoms with Gasteiger partial charge in [-0.1, -0.05) is 17.7 Å². The highest BCUT2D eigenvalue weighted by Crippen LogP contribution is 2.40. The van der Waals surface area contributed by atoms with Crippen LogP contribution in [0, 0.1) is 0 Å². The van der Waals surface area contributed by atoms with Crippen molar-refractivity contribution >= 4 is 5.91 Å². The Morgan fingerprint density at radius 2 is 1.79 bits per heavy atom. The molecule has 1 saturated carbocycles. The number of carbonyl (C=O) groups is 1. The van der Waals surface area contributed by atoms with Crippen molar-refractivity contribution in [2.24, 2.45) is 7.05 Å². The molecule has 0 radical (unpaired) electrons. The van der Waals surface area contributed by atoms with Crippen molar-refractivity contribution in [1.29, 1.82) is 0 Å². The Hall–Kier alpha value is -3.93. The molecule has 1 heterocycles. The molecule has 1 N–H and O–H groups in total. The summed E-state index contributed by atoms with van der Waals surface area (Å²) in [6.45, 7) is 0.0549. The third-order valence-electron chi connectivity index (χ3n) is 6.23. The molecule has 12 heteroatoms. The van der Waals surface area contributed by atoms with Crippen molar-refractivity contribution < 1.29 is 37.0 Å². The number of nitrogens with one attached hydrogen (secondary N) is 1. The number of alkyl halides is 2. The zero-order valence-corrected chi connectivity index (χ0v) is 21.5. The minimum Gasteiger partial charge on any atom is -0.497 e. The van der Waals surface area contributed by atoms with Gasteiger partial charge in [0.05, 0.1) is 40.1 Å². The SMILES string of the molecule is COc1ccc(CN(Cc2cccc(OC(F)(F)NF)c2OC)C(=O)c2cc(C3CC3)nn2C)c(OC)c1. The van der Waals surface area contributed by atoms with Gasteiger partial charge in [0.2, 0.25) is 0 Å². The van der Waals surface area contributed by atoms with Crippen LogP contribution in [0.5, 0.6) is 23.0 Å². The number of aromatic nitrogens is 2. The number of hydrogen-bond donors (Lipinski definition) is 1. The molecule has 204 valence electrons. The number of nitrogens with zero attached hydrogens (tertiary/aromatic N) is 3. The predicted molar refractivity (Wildman–Crippen MR) is 131 cm³/mol. The number of carbonyl (C=O) groups excluding carboxylic acids is 1. The van der Waals surface area contributed by atoms with Gasteiger partial charge in [0.1, 0.15) is 17.2 Å². The fraction of sp³-hybridized carbons (Fsp3) is 0.385. The molecule has 0 saturated heterocycles. The largest absolute Gasteiger partial charge is 0.497 e. The number of amides is 1. The fourth-order valence-electron chi connectivity index (χ4n) is 4.18. The van der Waals surface area contributed by atoms with Crippen LogP contribution in [0.2, 0.25) is 0 Å². The Morgan fingerprint density at radius 1 is 1.05 bits per heavy atom. The van der Waals surface area contributed by atoms with Gasteiger partial charge in [-0.15, -0.1) is 13.3 Å². The van der Waals surface area contributed by atoms with E-state index < -0.39 is 12.0 Å². The van der Waals surface area contributed by atoms with Gasteiger partial charge in [-0.25, -0.2) is 0 Å². The highest BCUT2D eigenvalue weighted by Gasteiger charge is 2.34. The van der Waals surface area contributed by atoms with E-state index in [4.69, 9.17) is 14.2 Å². The molecule has 2 aromatic carbocycles. The van der Waals surface area contributed by atoms with Crippen molar-refractivity contribution in [1.82, 2.24) is 20.2 Å². The van der Waals surface area contributed by atoms with Crippen LogP contribution >= 0.6 is 0 Å². The van der Waals surface area contributed by atoms with Crippen molar-refractivity contribution in [3.05, 3.63) is 65.0 Å². The average Bonchev–Trinajstić information content (AvgIpc) is 3.69. The third kappa shape index (κ3) is 5.96. The molecule has 3 aromatic rings. The molecule has 1 aliphatic rings. The predicted octanol–water partition coefficient (Wildman–Crippen LogP) is 4.57. The monoisotopic (exact) mass is 534 g/mol.